The van der Waals surface area contributed by atoms with Gasteiger partial charge in [0.2, 0.25) is 0 Å². The van der Waals surface area contributed by atoms with Crippen LogP contribution in [-0.4, -0.2) is 10.9 Å². The fraction of sp³-hybridized carbons (Fsp3) is 0.0909. The lowest BCUT2D eigenvalue weighted by Gasteiger charge is -2.00. The molecule has 0 amide bonds. The van der Waals surface area contributed by atoms with E-state index in [1.54, 1.807) is 18.2 Å². The number of oxime groups is 1. The van der Waals surface area contributed by atoms with Gasteiger partial charge in [-0.1, -0.05) is 21.1 Å². The molecule has 2 aromatic rings. The fourth-order valence-corrected chi connectivity index (χ4v) is 1.78. The molecular weight excluding hydrogens is 274 g/mol. The highest BCUT2D eigenvalue weighted by atomic mass is 79.9. The molecule has 5 heteroatoms. The molecule has 82 valence electrons. The molecule has 0 atom stereocenters. The van der Waals surface area contributed by atoms with E-state index in [1.807, 2.05) is 6.07 Å². The summed E-state index contributed by atoms with van der Waals surface area (Å²) in [6.07, 6.45) is 0. The normalized spacial score (nSPS) is 12.0. The van der Waals surface area contributed by atoms with Crippen molar-refractivity contribution in [2.45, 2.75) is 6.92 Å². The minimum absolute atomic E-state index is 0.232. The number of halogens is 1. The zero-order valence-electron chi connectivity index (χ0n) is 8.40. The van der Waals surface area contributed by atoms with E-state index in [0.29, 0.717) is 5.58 Å². The molecule has 0 unspecified atom stereocenters. The highest BCUT2D eigenvalue weighted by Crippen LogP contribution is 2.19. The topological polar surface area (TPSA) is 62.8 Å². The zero-order valence-corrected chi connectivity index (χ0v) is 9.98. The van der Waals surface area contributed by atoms with Crippen LogP contribution in [0, 0.1) is 0 Å². The smallest absolute Gasteiger partial charge is 0.345 e. The second-order valence-electron chi connectivity index (χ2n) is 3.32. The lowest BCUT2D eigenvalue weighted by atomic mass is 10.1. The highest BCUT2D eigenvalue weighted by Gasteiger charge is 2.08. The number of fused-ring (bicyclic) bond motifs is 1. The van der Waals surface area contributed by atoms with Gasteiger partial charge < -0.3 is 9.62 Å². The van der Waals surface area contributed by atoms with Gasteiger partial charge >= 0.3 is 5.63 Å². The zero-order chi connectivity index (χ0) is 11.7. The van der Waals surface area contributed by atoms with Crippen molar-refractivity contribution in [2.24, 2.45) is 5.16 Å². The van der Waals surface area contributed by atoms with Crippen LogP contribution in [0.2, 0.25) is 0 Å². The van der Waals surface area contributed by atoms with Gasteiger partial charge in [-0.25, -0.2) is 4.79 Å². The van der Waals surface area contributed by atoms with Gasteiger partial charge in [0, 0.05) is 9.86 Å². The van der Waals surface area contributed by atoms with Crippen molar-refractivity contribution in [1.82, 2.24) is 0 Å². The van der Waals surface area contributed by atoms with Crippen LogP contribution in [0.3, 0.4) is 0 Å². The van der Waals surface area contributed by atoms with Crippen LogP contribution in [0.4, 0.5) is 0 Å². The van der Waals surface area contributed by atoms with Crippen LogP contribution >= 0.6 is 15.9 Å². The number of hydrogen-bond acceptors (Lipinski definition) is 4. The maximum absolute atomic E-state index is 11.5. The van der Waals surface area contributed by atoms with Gasteiger partial charge in [-0.15, -0.1) is 0 Å². The first kappa shape index (κ1) is 10.9. The summed E-state index contributed by atoms with van der Waals surface area (Å²) < 4.78 is 5.99. The number of rotatable bonds is 1. The van der Waals surface area contributed by atoms with E-state index in [4.69, 9.17) is 9.62 Å². The third-order valence-corrected chi connectivity index (χ3v) is 2.73. The molecule has 1 aromatic heterocycles. The monoisotopic (exact) mass is 281 g/mol. The van der Waals surface area contributed by atoms with Crippen molar-refractivity contribution >= 4 is 32.6 Å². The lowest BCUT2D eigenvalue weighted by molar-refractivity contribution is 0.319. The lowest BCUT2D eigenvalue weighted by Crippen LogP contribution is -2.11. The summed E-state index contributed by atoms with van der Waals surface area (Å²) >= 11 is 3.33. The van der Waals surface area contributed by atoms with Crippen LogP contribution in [-0.2, 0) is 0 Å². The van der Waals surface area contributed by atoms with Gasteiger partial charge in [0.15, 0.2) is 0 Å². The summed E-state index contributed by atoms with van der Waals surface area (Å²) in [5.74, 6) is 0. The van der Waals surface area contributed by atoms with Crippen molar-refractivity contribution in [3.63, 3.8) is 0 Å². The van der Waals surface area contributed by atoms with Gasteiger partial charge in [-0.3, -0.25) is 0 Å². The first-order valence-corrected chi connectivity index (χ1v) is 5.33. The van der Waals surface area contributed by atoms with Crippen LogP contribution in [0.15, 0.2) is 43.1 Å². The van der Waals surface area contributed by atoms with Gasteiger partial charge in [0.1, 0.15) is 5.58 Å². The summed E-state index contributed by atoms with van der Waals surface area (Å²) in [6, 6.07) is 6.96. The SMILES string of the molecule is CC(=NO)c1cc2cc(Br)ccc2oc1=O. The van der Waals surface area contributed by atoms with Gasteiger partial charge in [0.05, 0.1) is 11.3 Å². The second-order valence-corrected chi connectivity index (χ2v) is 4.23. The Kier molecular flexibility index (Phi) is 2.78. The first-order valence-electron chi connectivity index (χ1n) is 4.54. The van der Waals surface area contributed by atoms with Gasteiger partial charge in [0.25, 0.3) is 0 Å². The van der Waals surface area contributed by atoms with Crippen molar-refractivity contribution in [3.8, 4) is 0 Å². The van der Waals surface area contributed by atoms with E-state index in [0.717, 1.165) is 9.86 Å². The molecule has 0 spiro atoms. The van der Waals surface area contributed by atoms with E-state index >= 15 is 0 Å². The molecule has 0 aliphatic rings. The molecule has 1 heterocycles. The average Bonchev–Trinajstić information content (AvgIpc) is 2.28. The molecule has 0 saturated heterocycles. The van der Waals surface area contributed by atoms with Crippen LogP contribution in [0.5, 0.6) is 0 Å². The summed E-state index contributed by atoms with van der Waals surface area (Å²) in [5.41, 5.74) is 0.483. The quantitative estimate of drug-likeness (QED) is 0.378. The van der Waals surface area contributed by atoms with Gasteiger partial charge in [-0.2, -0.15) is 0 Å². The predicted octanol–water partition coefficient (Wildman–Crippen LogP) is 2.75. The van der Waals surface area contributed by atoms with Crippen LogP contribution < -0.4 is 5.63 Å². The molecule has 0 aliphatic carbocycles. The average molecular weight is 282 g/mol. The third-order valence-electron chi connectivity index (χ3n) is 2.23. The minimum Gasteiger partial charge on any atom is -0.422 e. The minimum atomic E-state index is -0.509. The number of benzene rings is 1. The maximum Gasteiger partial charge on any atom is 0.345 e. The summed E-state index contributed by atoms with van der Waals surface area (Å²) in [4.78, 5) is 11.5. The molecule has 1 aromatic carbocycles. The highest BCUT2D eigenvalue weighted by molar-refractivity contribution is 9.10. The molecule has 0 radical (unpaired) electrons. The van der Waals surface area contributed by atoms with E-state index in [2.05, 4.69) is 21.1 Å². The Hall–Kier alpha value is -1.62. The molecule has 16 heavy (non-hydrogen) atoms. The Morgan fingerprint density at radius 3 is 2.88 bits per heavy atom. The third kappa shape index (κ3) is 1.86. The first-order chi connectivity index (χ1) is 7.61. The van der Waals surface area contributed by atoms with E-state index in [9.17, 15) is 4.79 Å². The van der Waals surface area contributed by atoms with E-state index in [1.165, 1.54) is 6.92 Å². The largest absolute Gasteiger partial charge is 0.422 e. The van der Waals surface area contributed by atoms with Crippen molar-refractivity contribution < 1.29 is 9.62 Å². The molecule has 1 N–H and O–H groups in total. The van der Waals surface area contributed by atoms with Crippen LogP contribution in [0.1, 0.15) is 12.5 Å². The van der Waals surface area contributed by atoms with Crippen molar-refractivity contribution in [1.29, 1.82) is 0 Å². The number of hydrogen-bond donors (Lipinski definition) is 1. The Balaban J connectivity index is 2.79. The maximum atomic E-state index is 11.5. The molecule has 0 fully saturated rings. The summed E-state index contributed by atoms with van der Waals surface area (Å²) in [5, 5.41) is 12.4. The number of nitrogens with zero attached hydrogens (tertiary/aromatic N) is 1. The Labute approximate surface area is 99.3 Å². The molecule has 0 bridgehead atoms. The fourth-order valence-electron chi connectivity index (χ4n) is 1.40. The van der Waals surface area contributed by atoms with Crippen molar-refractivity contribution in [2.75, 3.05) is 0 Å². The standard InChI is InChI=1S/C11H8BrNO3/c1-6(13-15)9-5-7-4-8(12)2-3-10(7)16-11(9)14/h2-5,15H,1H3. The van der Waals surface area contributed by atoms with E-state index in [-0.39, 0.29) is 11.3 Å². The Morgan fingerprint density at radius 2 is 2.19 bits per heavy atom. The Bertz CT molecular complexity index is 631. The molecule has 2 rings (SSSR count). The molecule has 4 nitrogen and oxygen atoms in total. The molecular formula is C11H8BrNO3. The van der Waals surface area contributed by atoms with Crippen molar-refractivity contribution in [3.05, 3.63) is 44.7 Å². The summed E-state index contributed by atoms with van der Waals surface area (Å²) in [6.45, 7) is 1.54. The van der Waals surface area contributed by atoms with Gasteiger partial charge in [-0.05, 0) is 31.2 Å². The second kappa shape index (κ2) is 4.09. The van der Waals surface area contributed by atoms with Crippen LogP contribution in [0.25, 0.3) is 11.0 Å². The Morgan fingerprint density at radius 1 is 1.44 bits per heavy atom. The summed E-state index contributed by atoms with van der Waals surface area (Å²) in [7, 11) is 0. The predicted molar refractivity (Wildman–Crippen MR) is 64.2 cm³/mol. The molecule has 0 saturated carbocycles. The van der Waals surface area contributed by atoms with E-state index < -0.39 is 5.63 Å². The molecule has 0 aliphatic heterocycles.